The van der Waals surface area contributed by atoms with Crippen molar-refractivity contribution in [1.29, 1.82) is 10.8 Å². The number of nitrogens with zero attached hydrogens (tertiary/aromatic N) is 4. The molecule has 1 saturated heterocycles. The van der Waals surface area contributed by atoms with Crippen LogP contribution in [0.4, 0.5) is 10.6 Å². The second-order valence-corrected chi connectivity index (χ2v) is 8.23. The van der Waals surface area contributed by atoms with E-state index >= 15 is 0 Å². The van der Waals surface area contributed by atoms with Gasteiger partial charge in [0.25, 0.3) is 0 Å². The summed E-state index contributed by atoms with van der Waals surface area (Å²) in [4.78, 5) is 22.3. The van der Waals surface area contributed by atoms with E-state index < -0.39 is 11.1 Å². The van der Waals surface area contributed by atoms with Crippen LogP contribution in [0.1, 0.15) is 32.4 Å². The second kappa shape index (κ2) is 8.36. The van der Waals surface area contributed by atoms with E-state index in [2.05, 4.69) is 4.98 Å². The van der Waals surface area contributed by atoms with Gasteiger partial charge in [-0.25, -0.2) is 14.0 Å². The minimum absolute atomic E-state index is 0.0365. The zero-order valence-corrected chi connectivity index (χ0v) is 17.1. The summed E-state index contributed by atoms with van der Waals surface area (Å²) < 4.78 is 16.4. The van der Waals surface area contributed by atoms with E-state index in [-0.39, 0.29) is 30.1 Å². The smallest absolute Gasteiger partial charge is 0.319 e. The van der Waals surface area contributed by atoms with Gasteiger partial charge in [-0.3, -0.25) is 19.9 Å². The van der Waals surface area contributed by atoms with Gasteiger partial charge in [0.2, 0.25) is 0 Å². The van der Waals surface area contributed by atoms with Crippen LogP contribution >= 0.6 is 0 Å². The molecule has 0 spiro atoms. The maximum Gasteiger partial charge on any atom is 0.326 e. The SMILES string of the molecule is CC(C)N(C=N)C(=N)c1cccc(N2CCN([C@H]3C[C@@H](OS(C)=O)C3)C2=O)n1. The van der Waals surface area contributed by atoms with Crippen LogP contribution in [-0.2, 0) is 15.3 Å². The minimum atomic E-state index is -1.29. The molecule has 0 bridgehead atoms. The maximum absolute atomic E-state index is 12.9. The van der Waals surface area contributed by atoms with Gasteiger partial charge < -0.3 is 9.80 Å². The van der Waals surface area contributed by atoms with Crippen LogP contribution in [0.25, 0.3) is 0 Å². The van der Waals surface area contributed by atoms with Gasteiger partial charge in [0.1, 0.15) is 11.5 Å². The Hall–Kier alpha value is -2.33. The van der Waals surface area contributed by atoms with Crippen LogP contribution in [0.15, 0.2) is 18.2 Å². The van der Waals surface area contributed by atoms with Crippen LogP contribution in [0, 0.1) is 10.8 Å². The molecule has 1 aliphatic heterocycles. The van der Waals surface area contributed by atoms with Gasteiger partial charge in [0, 0.05) is 31.4 Å². The number of amidine groups is 1. The minimum Gasteiger partial charge on any atom is -0.319 e. The third-order valence-corrected chi connectivity index (χ3v) is 5.57. The first kappa shape index (κ1) is 20.4. The maximum atomic E-state index is 12.9. The first-order valence-corrected chi connectivity index (χ1v) is 10.7. The third kappa shape index (κ3) is 4.07. The molecule has 152 valence electrons. The Balaban J connectivity index is 1.68. The van der Waals surface area contributed by atoms with E-state index in [1.807, 2.05) is 18.7 Å². The second-order valence-electron chi connectivity index (χ2n) is 7.23. The Morgan fingerprint density at radius 3 is 2.71 bits per heavy atom. The van der Waals surface area contributed by atoms with Crippen LogP contribution in [0.2, 0.25) is 0 Å². The van der Waals surface area contributed by atoms with Crippen LogP contribution < -0.4 is 4.90 Å². The van der Waals surface area contributed by atoms with Crippen molar-refractivity contribution >= 4 is 35.1 Å². The fraction of sp³-hybridized carbons (Fsp3) is 0.556. The Kier molecular flexibility index (Phi) is 6.09. The van der Waals surface area contributed by atoms with Gasteiger partial charge in [0.15, 0.2) is 16.9 Å². The number of nitrogens with one attached hydrogen (secondary N) is 2. The molecule has 10 heteroatoms. The summed E-state index contributed by atoms with van der Waals surface area (Å²) in [6, 6.07) is 5.20. The number of hydrogen-bond acceptors (Lipinski definition) is 6. The van der Waals surface area contributed by atoms with Crippen molar-refractivity contribution < 1.29 is 13.2 Å². The number of rotatable bonds is 7. The molecule has 1 saturated carbocycles. The summed E-state index contributed by atoms with van der Waals surface area (Å²) in [5, 5.41) is 15.8. The highest BCUT2D eigenvalue weighted by Gasteiger charge is 2.42. The molecular weight excluding hydrogens is 380 g/mol. The standard InChI is InChI=1S/C18H26N6O3S/c1-12(2)24(11-19)17(20)15-5-4-6-16(21-15)23-8-7-22(18(23)25)13-9-14(10-13)27-28(3)26/h4-6,11-14,19-20H,7-10H2,1-3H3/t13-,14+,28?. The molecule has 1 unspecified atom stereocenters. The van der Waals surface area contributed by atoms with Gasteiger partial charge in [-0.2, -0.15) is 0 Å². The molecule has 0 aromatic carbocycles. The molecule has 2 heterocycles. The van der Waals surface area contributed by atoms with Crippen LogP contribution in [0.3, 0.4) is 0 Å². The summed E-state index contributed by atoms with van der Waals surface area (Å²) in [5.41, 5.74) is 0.420. The topological polar surface area (TPSA) is 114 Å². The van der Waals surface area contributed by atoms with Gasteiger partial charge in [-0.1, -0.05) is 6.07 Å². The number of carbonyl (C=O) groups is 1. The summed E-state index contributed by atoms with van der Waals surface area (Å²) in [6.07, 6.45) is 3.95. The van der Waals surface area contributed by atoms with Crippen molar-refractivity contribution in [3.05, 3.63) is 23.9 Å². The Labute approximate surface area is 167 Å². The molecule has 1 aliphatic carbocycles. The fourth-order valence-electron chi connectivity index (χ4n) is 3.48. The van der Waals surface area contributed by atoms with Crippen LogP contribution in [-0.4, -0.2) is 74.7 Å². The van der Waals surface area contributed by atoms with Crippen molar-refractivity contribution in [3.63, 3.8) is 0 Å². The highest BCUT2D eigenvalue weighted by atomic mass is 32.2. The number of amides is 2. The molecule has 28 heavy (non-hydrogen) atoms. The monoisotopic (exact) mass is 406 g/mol. The van der Waals surface area contributed by atoms with Crippen molar-refractivity contribution in [3.8, 4) is 0 Å². The third-order valence-electron chi connectivity index (χ3n) is 5.03. The van der Waals surface area contributed by atoms with Crippen molar-refractivity contribution in [2.24, 2.45) is 0 Å². The van der Waals surface area contributed by atoms with Crippen molar-refractivity contribution in [1.82, 2.24) is 14.8 Å². The van der Waals surface area contributed by atoms with E-state index in [0.717, 1.165) is 6.34 Å². The van der Waals surface area contributed by atoms with E-state index in [1.54, 1.807) is 23.1 Å². The Morgan fingerprint density at radius 1 is 1.39 bits per heavy atom. The van der Waals surface area contributed by atoms with Crippen molar-refractivity contribution in [2.75, 3.05) is 24.2 Å². The number of anilines is 1. The predicted octanol–water partition coefficient (Wildman–Crippen LogP) is 1.81. The lowest BCUT2D eigenvalue weighted by Crippen LogP contribution is -2.49. The van der Waals surface area contributed by atoms with Crippen LogP contribution in [0.5, 0.6) is 0 Å². The lowest BCUT2D eigenvalue weighted by atomic mass is 9.88. The average molecular weight is 407 g/mol. The van der Waals surface area contributed by atoms with Gasteiger partial charge in [-0.05, 0) is 38.8 Å². The molecule has 2 N–H and O–H groups in total. The molecule has 9 nitrogen and oxygen atoms in total. The molecule has 1 atom stereocenters. The Bertz CT molecular complexity index is 795. The van der Waals surface area contributed by atoms with Crippen molar-refractivity contribution in [2.45, 2.75) is 44.9 Å². The number of hydrogen-bond donors (Lipinski definition) is 2. The normalized spacial score (nSPS) is 22.9. The summed E-state index contributed by atoms with van der Waals surface area (Å²) in [6.45, 7) is 4.93. The summed E-state index contributed by atoms with van der Waals surface area (Å²) >= 11 is -1.29. The zero-order valence-electron chi connectivity index (χ0n) is 16.3. The molecule has 1 aromatic rings. The number of carbonyl (C=O) groups excluding carboxylic acids is 1. The molecule has 2 amide bonds. The van der Waals surface area contributed by atoms with Gasteiger partial charge >= 0.3 is 6.03 Å². The Morgan fingerprint density at radius 2 is 2.11 bits per heavy atom. The zero-order chi connectivity index (χ0) is 20.4. The first-order valence-electron chi connectivity index (χ1n) is 9.25. The highest BCUT2D eigenvalue weighted by molar-refractivity contribution is 7.79. The summed E-state index contributed by atoms with van der Waals surface area (Å²) in [5.74, 6) is 0.632. The lowest BCUT2D eigenvalue weighted by Gasteiger charge is -2.39. The quantitative estimate of drug-likeness (QED) is 0.529. The van der Waals surface area contributed by atoms with E-state index in [9.17, 15) is 9.00 Å². The summed E-state index contributed by atoms with van der Waals surface area (Å²) in [7, 11) is 0. The molecule has 0 radical (unpaired) electrons. The number of pyridine rings is 1. The van der Waals surface area contributed by atoms with E-state index in [0.29, 0.717) is 37.4 Å². The molecular formula is C18H26N6O3S. The molecule has 2 fully saturated rings. The molecule has 3 rings (SSSR count). The molecule has 1 aromatic heterocycles. The number of aromatic nitrogens is 1. The van der Waals surface area contributed by atoms with Gasteiger partial charge in [-0.15, -0.1) is 0 Å². The highest BCUT2D eigenvalue weighted by Crippen LogP contribution is 2.32. The average Bonchev–Trinajstić information content (AvgIpc) is 2.99. The first-order chi connectivity index (χ1) is 13.3. The molecule has 2 aliphatic rings. The van der Waals surface area contributed by atoms with Gasteiger partial charge in [0.05, 0.1) is 12.4 Å². The number of urea groups is 1. The largest absolute Gasteiger partial charge is 0.326 e. The fourth-order valence-corrected chi connectivity index (χ4v) is 4.02. The lowest BCUT2D eigenvalue weighted by molar-refractivity contribution is 0.0525. The van der Waals surface area contributed by atoms with E-state index in [4.69, 9.17) is 15.0 Å². The predicted molar refractivity (Wildman–Crippen MR) is 108 cm³/mol. The van der Waals surface area contributed by atoms with E-state index in [1.165, 1.54) is 11.2 Å².